The van der Waals surface area contributed by atoms with Crippen LogP contribution in [0.15, 0.2) is 77.7 Å². The fourth-order valence-electron chi connectivity index (χ4n) is 3.62. The lowest BCUT2D eigenvalue weighted by molar-refractivity contribution is 0.102. The lowest BCUT2D eigenvalue weighted by atomic mass is 9.99. The maximum absolute atomic E-state index is 12.6. The molecule has 0 fully saturated rings. The Morgan fingerprint density at radius 1 is 1.00 bits per heavy atom. The molecule has 3 aromatic carbocycles. The van der Waals surface area contributed by atoms with E-state index in [1.165, 1.54) is 23.3 Å². The van der Waals surface area contributed by atoms with Gasteiger partial charge in [0.1, 0.15) is 0 Å². The Bertz CT molecular complexity index is 1050. The first-order chi connectivity index (χ1) is 14.1. The summed E-state index contributed by atoms with van der Waals surface area (Å²) in [5, 5.41) is 2.84. The molecular formula is C23H22N2O3S. The molecule has 6 heteroatoms. The molecule has 0 aromatic heterocycles. The Morgan fingerprint density at radius 3 is 2.52 bits per heavy atom. The van der Waals surface area contributed by atoms with Gasteiger partial charge in [0.2, 0.25) is 0 Å². The number of hydrogen-bond acceptors (Lipinski definition) is 3. The summed E-state index contributed by atoms with van der Waals surface area (Å²) >= 11 is -2.02. The zero-order valence-electron chi connectivity index (χ0n) is 15.9. The molecule has 29 heavy (non-hydrogen) atoms. The second kappa shape index (κ2) is 8.69. The van der Waals surface area contributed by atoms with Gasteiger partial charge in [-0.1, -0.05) is 36.4 Å². The van der Waals surface area contributed by atoms with Crippen molar-refractivity contribution >= 4 is 22.7 Å². The van der Waals surface area contributed by atoms with Crippen molar-refractivity contribution < 1.29 is 13.6 Å². The highest BCUT2D eigenvalue weighted by Crippen LogP contribution is 2.21. The Kier molecular flexibility index (Phi) is 5.85. The van der Waals surface area contributed by atoms with Crippen LogP contribution in [0.1, 0.15) is 27.0 Å². The highest BCUT2D eigenvalue weighted by molar-refractivity contribution is 7.79. The standard InChI is InChI=1S/C23H22N2O3S/c26-23(24-21-8-10-22(11-9-21)29(27)28)19-7-3-4-17(14-19)15-25-13-12-18-5-1-2-6-20(18)16-25/h1-11,14H,12-13,15-16H2,(H,24,26)(H,27,28). The van der Waals surface area contributed by atoms with Gasteiger partial charge in [-0.3, -0.25) is 9.69 Å². The van der Waals surface area contributed by atoms with Gasteiger partial charge >= 0.3 is 0 Å². The van der Waals surface area contributed by atoms with E-state index in [9.17, 15) is 9.00 Å². The molecule has 1 atom stereocenters. The molecule has 0 saturated heterocycles. The molecule has 0 radical (unpaired) electrons. The summed E-state index contributed by atoms with van der Waals surface area (Å²) in [6.45, 7) is 2.73. The van der Waals surface area contributed by atoms with Crippen LogP contribution in [0, 0.1) is 0 Å². The average molecular weight is 407 g/mol. The van der Waals surface area contributed by atoms with E-state index < -0.39 is 11.1 Å². The van der Waals surface area contributed by atoms with Gasteiger partial charge in [0.25, 0.3) is 5.91 Å². The fourth-order valence-corrected chi connectivity index (χ4v) is 3.99. The van der Waals surface area contributed by atoms with Gasteiger partial charge in [-0.05, 0) is 59.5 Å². The molecule has 148 valence electrons. The smallest absolute Gasteiger partial charge is 0.255 e. The molecule has 1 aliphatic heterocycles. The molecule has 3 aromatic rings. The quantitative estimate of drug-likeness (QED) is 0.627. The summed E-state index contributed by atoms with van der Waals surface area (Å²) in [6, 6.07) is 22.5. The van der Waals surface area contributed by atoms with Gasteiger partial charge in [0, 0.05) is 30.9 Å². The van der Waals surface area contributed by atoms with E-state index in [1.54, 1.807) is 18.2 Å². The van der Waals surface area contributed by atoms with E-state index in [0.717, 1.165) is 31.6 Å². The maximum Gasteiger partial charge on any atom is 0.255 e. The van der Waals surface area contributed by atoms with Crippen LogP contribution in [0.4, 0.5) is 5.69 Å². The van der Waals surface area contributed by atoms with Crippen molar-refractivity contribution in [2.24, 2.45) is 0 Å². The zero-order chi connectivity index (χ0) is 20.2. The normalized spacial score (nSPS) is 14.8. The van der Waals surface area contributed by atoms with Crippen molar-refractivity contribution in [1.82, 2.24) is 4.90 Å². The monoisotopic (exact) mass is 406 g/mol. The third-order valence-electron chi connectivity index (χ3n) is 5.12. The molecule has 1 aliphatic rings. The van der Waals surface area contributed by atoms with Gasteiger partial charge in [0.05, 0.1) is 4.90 Å². The van der Waals surface area contributed by atoms with Crippen molar-refractivity contribution in [2.75, 3.05) is 11.9 Å². The molecule has 0 saturated carbocycles. The minimum Gasteiger partial charge on any atom is -0.322 e. The van der Waals surface area contributed by atoms with Crippen LogP contribution in [0.5, 0.6) is 0 Å². The minimum absolute atomic E-state index is 0.200. The predicted octanol–water partition coefficient (Wildman–Crippen LogP) is 4.08. The third-order valence-corrected chi connectivity index (χ3v) is 5.79. The zero-order valence-corrected chi connectivity index (χ0v) is 16.7. The van der Waals surface area contributed by atoms with Crippen LogP contribution in [-0.2, 0) is 30.6 Å². The lowest BCUT2D eigenvalue weighted by Gasteiger charge is -2.28. The molecule has 5 nitrogen and oxygen atoms in total. The summed E-state index contributed by atoms with van der Waals surface area (Å²) in [4.78, 5) is 15.3. The maximum atomic E-state index is 12.6. The largest absolute Gasteiger partial charge is 0.322 e. The second-order valence-electron chi connectivity index (χ2n) is 7.16. The van der Waals surface area contributed by atoms with Crippen molar-refractivity contribution in [3.05, 3.63) is 95.1 Å². The SMILES string of the molecule is O=C(Nc1ccc(S(=O)O)cc1)c1cccc(CN2CCc3ccccc3C2)c1. The van der Waals surface area contributed by atoms with Gasteiger partial charge in [0.15, 0.2) is 11.1 Å². The highest BCUT2D eigenvalue weighted by atomic mass is 32.2. The molecular weight excluding hydrogens is 384 g/mol. The third kappa shape index (κ3) is 4.79. The number of fused-ring (bicyclic) bond motifs is 1. The van der Waals surface area contributed by atoms with Crippen LogP contribution in [0.25, 0.3) is 0 Å². The van der Waals surface area contributed by atoms with Gasteiger partial charge in [-0.2, -0.15) is 0 Å². The highest BCUT2D eigenvalue weighted by Gasteiger charge is 2.16. The molecule has 1 heterocycles. The Morgan fingerprint density at radius 2 is 1.76 bits per heavy atom. The van der Waals surface area contributed by atoms with Crippen molar-refractivity contribution in [3.63, 3.8) is 0 Å². The van der Waals surface area contributed by atoms with Crippen LogP contribution < -0.4 is 5.32 Å². The van der Waals surface area contributed by atoms with Gasteiger partial charge in [-0.25, -0.2) is 4.21 Å². The van der Waals surface area contributed by atoms with Crippen LogP contribution in [0.3, 0.4) is 0 Å². The number of carbonyl (C=O) groups is 1. The number of anilines is 1. The number of benzene rings is 3. The molecule has 1 amide bonds. The van der Waals surface area contributed by atoms with E-state index in [2.05, 4.69) is 34.5 Å². The Labute approximate surface area is 172 Å². The van der Waals surface area contributed by atoms with E-state index in [4.69, 9.17) is 4.55 Å². The Balaban J connectivity index is 1.42. The van der Waals surface area contributed by atoms with Crippen LogP contribution in [-0.4, -0.2) is 26.1 Å². The number of hydrogen-bond donors (Lipinski definition) is 2. The topological polar surface area (TPSA) is 69.6 Å². The van der Waals surface area contributed by atoms with Crippen molar-refractivity contribution in [2.45, 2.75) is 24.4 Å². The van der Waals surface area contributed by atoms with Gasteiger partial charge < -0.3 is 9.87 Å². The molecule has 1 unspecified atom stereocenters. The predicted molar refractivity (Wildman–Crippen MR) is 114 cm³/mol. The lowest BCUT2D eigenvalue weighted by Crippen LogP contribution is -2.30. The number of rotatable bonds is 5. The first kappa shape index (κ1) is 19.5. The van der Waals surface area contributed by atoms with E-state index >= 15 is 0 Å². The summed E-state index contributed by atoms with van der Waals surface area (Å²) in [7, 11) is 0. The molecule has 0 spiro atoms. The molecule has 0 aliphatic carbocycles. The summed E-state index contributed by atoms with van der Waals surface area (Å²) in [5.41, 5.74) is 5.08. The number of amides is 1. The fraction of sp³-hybridized carbons (Fsp3) is 0.174. The van der Waals surface area contributed by atoms with Crippen LogP contribution in [0.2, 0.25) is 0 Å². The van der Waals surface area contributed by atoms with E-state index in [-0.39, 0.29) is 5.91 Å². The summed E-state index contributed by atoms with van der Waals surface area (Å²) < 4.78 is 20.1. The van der Waals surface area contributed by atoms with Crippen LogP contribution >= 0.6 is 0 Å². The molecule has 0 bridgehead atoms. The average Bonchev–Trinajstić information content (AvgIpc) is 2.74. The first-order valence-electron chi connectivity index (χ1n) is 9.49. The molecule has 2 N–H and O–H groups in total. The number of nitrogens with zero attached hydrogens (tertiary/aromatic N) is 1. The van der Waals surface area contributed by atoms with E-state index in [1.807, 2.05) is 18.2 Å². The minimum atomic E-state index is -2.02. The van der Waals surface area contributed by atoms with Crippen molar-refractivity contribution in [3.8, 4) is 0 Å². The summed E-state index contributed by atoms with van der Waals surface area (Å²) in [5.74, 6) is -0.200. The van der Waals surface area contributed by atoms with E-state index in [0.29, 0.717) is 16.1 Å². The first-order valence-corrected chi connectivity index (χ1v) is 10.6. The van der Waals surface area contributed by atoms with Crippen molar-refractivity contribution in [1.29, 1.82) is 0 Å². The number of nitrogens with one attached hydrogen (secondary N) is 1. The summed E-state index contributed by atoms with van der Waals surface area (Å²) in [6.07, 6.45) is 1.05. The Hall–Kier alpha value is -2.80. The molecule has 4 rings (SSSR count). The second-order valence-corrected chi connectivity index (χ2v) is 8.13. The van der Waals surface area contributed by atoms with Gasteiger partial charge in [-0.15, -0.1) is 0 Å². The number of carbonyl (C=O) groups excluding carboxylic acids is 1.